The van der Waals surface area contributed by atoms with Crippen LogP contribution in [0.1, 0.15) is 21.5 Å². The molecule has 4 nitrogen and oxygen atoms in total. The number of nitrogens with one attached hydrogen (secondary N) is 1. The van der Waals surface area contributed by atoms with E-state index in [0.717, 1.165) is 5.56 Å². The van der Waals surface area contributed by atoms with Crippen LogP contribution in [0.15, 0.2) is 66.7 Å². The molecule has 3 aromatic rings. The molecule has 0 aliphatic carbocycles. The average Bonchev–Trinajstić information content (AvgIpc) is 2.68. The van der Waals surface area contributed by atoms with E-state index in [1.807, 2.05) is 12.1 Å². The number of nitriles is 1. The molecule has 27 heavy (non-hydrogen) atoms. The molecule has 0 aliphatic rings. The van der Waals surface area contributed by atoms with Crippen molar-refractivity contribution in [1.29, 1.82) is 5.26 Å². The van der Waals surface area contributed by atoms with Crippen molar-refractivity contribution in [3.63, 3.8) is 0 Å². The van der Waals surface area contributed by atoms with Crippen LogP contribution >= 0.6 is 23.2 Å². The average molecular weight is 397 g/mol. The lowest BCUT2D eigenvalue weighted by Gasteiger charge is -2.10. The van der Waals surface area contributed by atoms with Gasteiger partial charge in [0.25, 0.3) is 5.91 Å². The second kappa shape index (κ2) is 8.59. The Balaban J connectivity index is 1.69. The molecule has 3 aromatic carbocycles. The Morgan fingerprint density at radius 2 is 1.85 bits per heavy atom. The van der Waals surface area contributed by atoms with E-state index >= 15 is 0 Å². The largest absolute Gasteiger partial charge is 0.489 e. The molecular formula is C21H14Cl2N2O2. The zero-order valence-corrected chi connectivity index (χ0v) is 15.6. The molecule has 0 spiro atoms. The van der Waals surface area contributed by atoms with Crippen LogP contribution in [0.25, 0.3) is 0 Å². The van der Waals surface area contributed by atoms with Gasteiger partial charge in [0, 0.05) is 16.8 Å². The summed E-state index contributed by atoms with van der Waals surface area (Å²) >= 11 is 12.0. The number of hydrogen-bond donors (Lipinski definition) is 1. The number of amides is 1. The van der Waals surface area contributed by atoms with Crippen molar-refractivity contribution >= 4 is 34.8 Å². The molecule has 0 heterocycles. The second-order valence-corrected chi connectivity index (χ2v) is 6.55. The van der Waals surface area contributed by atoms with Crippen LogP contribution in [0.4, 0.5) is 5.69 Å². The lowest BCUT2D eigenvalue weighted by Crippen LogP contribution is -2.12. The first-order chi connectivity index (χ1) is 13.0. The fourth-order valence-corrected chi connectivity index (χ4v) is 2.81. The Bertz CT molecular complexity index is 1030. The number of anilines is 1. The van der Waals surface area contributed by atoms with Crippen molar-refractivity contribution in [2.24, 2.45) is 0 Å². The van der Waals surface area contributed by atoms with Gasteiger partial charge >= 0.3 is 0 Å². The van der Waals surface area contributed by atoms with Gasteiger partial charge in [0.15, 0.2) is 0 Å². The van der Waals surface area contributed by atoms with Crippen molar-refractivity contribution in [3.8, 4) is 11.8 Å². The zero-order valence-electron chi connectivity index (χ0n) is 14.1. The summed E-state index contributed by atoms with van der Waals surface area (Å²) in [5, 5.41) is 12.5. The molecule has 0 aliphatic heterocycles. The van der Waals surface area contributed by atoms with Crippen molar-refractivity contribution in [2.75, 3.05) is 5.32 Å². The van der Waals surface area contributed by atoms with Gasteiger partial charge in [-0.1, -0.05) is 41.4 Å². The molecule has 6 heteroatoms. The summed E-state index contributed by atoms with van der Waals surface area (Å²) in [6.07, 6.45) is 0. The quantitative estimate of drug-likeness (QED) is 0.601. The van der Waals surface area contributed by atoms with Crippen LogP contribution in [0.3, 0.4) is 0 Å². The number of nitrogens with zero attached hydrogens (tertiary/aromatic N) is 1. The first-order valence-electron chi connectivity index (χ1n) is 8.03. The lowest BCUT2D eigenvalue weighted by molar-refractivity contribution is 0.102. The number of benzene rings is 3. The lowest BCUT2D eigenvalue weighted by atomic mass is 10.1. The Hall–Kier alpha value is -3.00. The van der Waals surface area contributed by atoms with Crippen LogP contribution in [0.5, 0.6) is 5.75 Å². The van der Waals surface area contributed by atoms with E-state index in [4.69, 9.17) is 33.2 Å². The van der Waals surface area contributed by atoms with Crippen LogP contribution < -0.4 is 10.1 Å². The van der Waals surface area contributed by atoms with E-state index in [9.17, 15) is 4.79 Å². The Labute approximate surface area is 166 Å². The summed E-state index contributed by atoms with van der Waals surface area (Å²) in [7, 11) is 0. The third kappa shape index (κ3) is 5.01. The van der Waals surface area contributed by atoms with Crippen molar-refractivity contribution < 1.29 is 9.53 Å². The summed E-state index contributed by atoms with van der Waals surface area (Å²) in [5.41, 5.74) is 2.33. The van der Waals surface area contributed by atoms with Crippen LogP contribution in [-0.4, -0.2) is 5.91 Å². The van der Waals surface area contributed by atoms with Crippen molar-refractivity contribution in [2.45, 2.75) is 6.61 Å². The smallest absolute Gasteiger partial charge is 0.257 e. The van der Waals surface area contributed by atoms with Crippen LogP contribution in [-0.2, 0) is 6.61 Å². The highest BCUT2D eigenvalue weighted by molar-refractivity contribution is 6.36. The van der Waals surface area contributed by atoms with Crippen molar-refractivity contribution in [3.05, 3.63) is 93.5 Å². The van der Waals surface area contributed by atoms with Crippen molar-refractivity contribution in [1.82, 2.24) is 0 Å². The topological polar surface area (TPSA) is 62.1 Å². The third-order valence-electron chi connectivity index (χ3n) is 3.73. The highest BCUT2D eigenvalue weighted by atomic mass is 35.5. The summed E-state index contributed by atoms with van der Waals surface area (Å²) in [5.74, 6) is 0.230. The van der Waals surface area contributed by atoms with Gasteiger partial charge in [-0.2, -0.15) is 5.26 Å². The molecule has 0 unspecified atom stereocenters. The Kier molecular flexibility index (Phi) is 5.97. The zero-order chi connectivity index (χ0) is 19.2. The van der Waals surface area contributed by atoms with Gasteiger partial charge in [-0.3, -0.25) is 4.79 Å². The summed E-state index contributed by atoms with van der Waals surface area (Å²) < 4.78 is 5.75. The molecule has 0 saturated heterocycles. The third-order valence-corrected chi connectivity index (χ3v) is 4.29. The van der Waals surface area contributed by atoms with E-state index in [1.165, 1.54) is 6.07 Å². The van der Waals surface area contributed by atoms with E-state index in [2.05, 4.69) is 11.4 Å². The minimum absolute atomic E-state index is 0.295. The Morgan fingerprint density at radius 3 is 2.67 bits per heavy atom. The van der Waals surface area contributed by atoms with E-state index in [-0.39, 0.29) is 5.91 Å². The normalized spacial score (nSPS) is 10.1. The number of rotatable bonds is 5. The Morgan fingerprint density at radius 1 is 1.04 bits per heavy atom. The van der Waals surface area contributed by atoms with Gasteiger partial charge in [-0.15, -0.1) is 0 Å². The molecule has 0 radical (unpaired) electrons. The SMILES string of the molecule is N#Cc1cccc(COc2cccc(NC(=O)c3cc(Cl)ccc3Cl)c2)c1. The first kappa shape index (κ1) is 18.8. The standard InChI is InChI=1S/C21H14Cl2N2O2/c22-16-7-8-20(23)19(10-16)21(26)25-17-5-2-6-18(11-17)27-13-15-4-1-3-14(9-15)12-24/h1-11H,13H2,(H,25,26). The number of hydrogen-bond acceptors (Lipinski definition) is 3. The molecule has 3 rings (SSSR count). The maximum absolute atomic E-state index is 12.4. The maximum Gasteiger partial charge on any atom is 0.257 e. The molecule has 0 atom stereocenters. The minimum atomic E-state index is -0.360. The molecular weight excluding hydrogens is 383 g/mol. The second-order valence-electron chi connectivity index (χ2n) is 5.71. The monoisotopic (exact) mass is 396 g/mol. The highest BCUT2D eigenvalue weighted by Gasteiger charge is 2.11. The van der Waals surface area contributed by atoms with Crippen LogP contribution in [0, 0.1) is 11.3 Å². The maximum atomic E-state index is 12.4. The summed E-state index contributed by atoms with van der Waals surface area (Å²) in [4.78, 5) is 12.4. The van der Waals surface area contributed by atoms with Gasteiger partial charge in [-0.05, 0) is 48.0 Å². The molecule has 1 N–H and O–H groups in total. The number of carbonyl (C=O) groups is 1. The van der Waals surface area contributed by atoms with E-state index < -0.39 is 0 Å². The van der Waals surface area contributed by atoms with E-state index in [1.54, 1.807) is 48.5 Å². The highest BCUT2D eigenvalue weighted by Crippen LogP contribution is 2.23. The predicted molar refractivity (Wildman–Crippen MR) is 106 cm³/mol. The minimum Gasteiger partial charge on any atom is -0.489 e. The number of ether oxygens (including phenoxy) is 1. The van der Waals surface area contributed by atoms with Gasteiger partial charge in [0.2, 0.25) is 0 Å². The molecule has 0 bridgehead atoms. The molecule has 0 fully saturated rings. The summed E-state index contributed by atoms with van der Waals surface area (Å²) in [6, 6.07) is 21.0. The molecule has 0 aromatic heterocycles. The van der Waals surface area contributed by atoms with E-state index in [0.29, 0.717) is 39.2 Å². The van der Waals surface area contributed by atoms with Gasteiger partial charge in [-0.25, -0.2) is 0 Å². The number of halogens is 2. The van der Waals surface area contributed by atoms with Gasteiger partial charge in [0.1, 0.15) is 12.4 Å². The molecule has 134 valence electrons. The van der Waals surface area contributed by atoms with Crippen LogP contribution in [0.2, 0.25) is 10.0 Å². The first-order valence-corrected chi connectivity index (χ1v) is 8.79. The molecule has 1 amide bonds. The number of carbonyl (C=O) groups excluding carboxylic acids is 1. The summed E-state index contributed by atoms with van der Waals surface area (Å²) in [6.45, 7) is 0.313. The predicted octanol–water partition coefficient (Wildman–Crippen LogP) is 5.70. The molecule has 0 saturated carbocycles. The van der Waals surface area contributed by atoms with Gasteiger partial charge in [0.05, 0.1) is 22.2 Å². The van der Waals surface area contributed by atoms with Gasteiger partial charge < -0.3 is 10.1 Å². The fraction of sp³-hybridized carbons (Fsp3) is 0.0476. The fourth-order valence-electron chi connectivity index (χ4n) is 2.43.